The number of fused-ring (bicyclic) bond motifs is 1. The van der Waals surface area contributed by atoms with E-state index in [-0.39, 0.29) is 38.8 Å². The maximum Gasteiger partial charge on any atom is 0.326 e. The number of para-hydroxylation sites is 2. The van der Waals surface area contributed by atoms with Gasteiger partial charge in [0.1, 0.15) is 31.5 Å². The lowest BCUT2D eigenvalue weighted by Crippen LogP contribution is -2.51. The fourth-order valence-corrected chi connectivity index (χ4v) is 2.99. The van der Waals surface area contributed by atoms with Crippen LogP contribution in [-0.2, 0) is 30.5 Å². The molecule has 1 N–H and O–H groups in total. The number of esters is 2. The zero-order valence-electron chi connectivity index (χ0n) is 16.7. The largest absolute Gasteiger partial charge is 0.489 e. The summed E-state index contributed by atoms with van der Waals surface area (Å²) in [6, 6.07) is 15.4. The molecule has 0 spiro atoms. The molecule has 0 bridgehead atoms. The molecule has 0 saturated carbocycles. The Balaban J connectivity index is 1.70. The normalized spacial score (nSPS) is 15.6. The van der Waals surface area contributed by atoms with Crippen molar-refractivity contribution >= 4 is 23.5 Å². The van der Waals surface area contributed by atoms with Gasteiger partial charge in [0.2, 0.25) is 5.91 Å². The van der Waals surface area contributed by atoms with Crippen LogP contribution in [-0.4, -0.2) is 50.2 Å². The predicted octanol–water partition coefficient (Wildman–Crippen LogP) is 1.68. The van der Waals surface area contributed by atoms with Crippen molar-refractivity contribution in [2.75, 3.05) is 31.2 Å². The average molecular weight is 412 g/mol. The van der Waals surface area contributed by atoms with Gasteiger partial charge in [0, 0.05) is 0 Å². The molecule has 1 heterocycles. The van der Waals surface area contributed by atoms with Gasteiger partial charge in [-0.2, -0.15) is 0 Å². The Morgan fingerprint density at radius 1 is 1.07 bits per heavy atom. The van der Waals surface area contributed by atoms with Gasteiger partial charge in [-0.05, 0) is 24.6 Å². The quantitative estimate of drug-likeness (QED) is 0.659. The van der Waals surface area contributed by atoms with E-state index in [1.807, 2.05) is 30.3 Å². The van der Waals surface area contributed by atoms with Crippen molar-refractivity contribution in [3.63, 3.8) is 0 Å². The second kappa shape index (κ2) is 10.4. The summed E-state index contributed by atoms with van der Waals surface area (Å²) in [5.74, 6) is -0.933. The van der Waals surface area contributed by atoms with Crippen molar-refractivity contribution in [1.29, 1.82) is 0 Å². The summed E-state index contributed by atoms with van der Waals surface area (Å²) >= 11 is 0. The smallest absolute Gasteiger partial charge is 0.326 e. The molecule has 1 aliphatic rings. The third-order valence-corrected chi connectivity index (χ3v) is 4.45. The second-order valence-corrected chi connectivity index (χ2v) is 6.59. The van der Waals surface area contributed by atoms with Crippen LogP contribution in [0.3, 0.4) is 0 Å². The first-order chi connectivity index (χ1) is 14.6. The van der Waals surface area contributed by atoms with E-state index in [0.29, 0.717) is 11.4 Å². The predicted molar refractivity (Wildman–Crippen MR) is 109 cm³/mol. The minimum Gasteiger partial charge on any atom is -0.489 e. The van der Waals surface area contributed by atoms with Gasteiger partial charge in [-0.15, -0.1) is 0 Å². The van der Waals surface area contributed by atoms with Gasteiger partial charge in [-0.3, -0.25) is 24.6 Å². The third-order valence-electron chi connectivity index (χ3n) is 4.45. The fraction of sp³-hybridized carbons (Fsp3) is 0.318. The first kappa shape index (κ1) is 21.3. The number of anilines is 1. The molecule has 1 unspecified atom stereocenters. The molecular weight excluding hydrogens is 388 g/mol. The van der Waals surface area contributed by atoms with Crippen molar-refractivity contribution in [1.82, 2.24) is 5.32 Å². The number of rotatable bonds is 8. The SMILES string of the molecule is CCOC(=O)CNC1COc2ccccc2N(CC(=O)OCc2ccccc2)C1=O. The molecule has 158 valence electrons. The van der Waals surface area contributed by atoms with Crippen molar-refractivity contribution in [2.45, 2.75) is 19.6 Å². The number of ether oxygens (including phenoxy) is 3. The third kappa shape index (κ3) is 5.57. The monoisotopic (exact) mass is 412 g/mol. The van der Waals surface area contributed by atoms with Gasteiger partial charge in [0.05, 0.1) is 18.8 Å². The molecule has 0 saturated heterocycles. The van der Waals surface area contributed by atoms with Crippen molar-refractivity contribution in [2.24, 2.45) is 0 Å². The fourth-order valence-electron chi connectivity index (χ4n) is 2.99. The molecule has 2 aromatic rings. The maximum atomic E-state index is 13.1. The summed E-state index contributed by atoms with van der Waals surface area (Å²) in [6.45, 7) is 1.67. The highest BCUT2D eigenvalue weighted by Gasteiger charge is 2.33. The molecule has 1 atom stereocenters. The van der Waals surface area contributed by atoms with E-state index in [0.717, 1.165) is 5.56 Å². The minimum absolute atomic E-state index is 0.0187. The Labute approximate surface area is 174 Å². The van der Waals surface area contributed by atoms with Gasteiger partial charge in [-0.25, -0.2) is 0 Å². The molecule has 2 aromatic carbocycles. The Morgan fingerprint density at radius 3 is 2.57 bits per heavy atom. The van der Waals surface area contributed by atoms with Crippen LogP contribution in [0.15, 0.2) is 54.6 Å². The molecule has 3 rings (SSSR count). The van der Waals surface area contributed by atoms with Crippen LogP contribution in [0, 0.1) is 0 Å². The highest BCUT2D eigenvalue weighted by molar-refractivity contribution is 6.02. The zero-order chi connectivity index (χ0) is 21.3. The molecule has 1 aliphatic heterocycles. The van der Waals surface area contributed by atoms with Crippen molar-refractivity contribution < 1.29 is 28.6 Å². The van der Waals surface area contributed by atoms with Crippen molar-refractivity contribution in [3.05, 3.63) is 60.2 Å². The lowest BCUT2D eigenvalue weighted by atomic mass is 10.2. The average Bonchev–Trinajstić information content (AvgIpc) is 2.89. The summed E-state index contributed by atoms with van der Waals surface area (Å²) in [5.41, 5.74) is 1.32. The Morgan fingerprint density at radius 2 is 1.80 bits per heavy atom. The first-order valence-electron chi connectivity index (χ1n) is 9.70. The van der Waals surface area contributed by atoms with Crippen LogP contribution >= 0.6 is 0 Å². The molecule has 0 aliphatic carbocycles. The van der Waals surface area contributed by atoms with Gasteiger partial charge >= 0.3 is 11.9 Å². The summed E-state index contributed by atoms with van der Waals surface area (Å²) < 4.78 is 16.0. The molecule has 0 aromatic heterocycles. The molecule has 8 nitrogen and oxygen atoms in total. The number of carbonyl (C=O) groups excluding carboxylic acids is 3. The highest BCUT2D eigenvalue weighted by Crippen LogP contribution is 2.31. The van der Waals surface area contributed by atoms with E-state index in [2.05, 4.69) is 5.32 Å². The summed E-state index contributed by atoms with van der Waals surface area (Å²) in [5, 5.41) is 2.85. The van der Waals surface area contributed by atoms with E-state index in [4.69, 9.17) is 14.2 Å². The molecule has 0 radical (unpaired) electrons. The van der Waals surface area contributed by atoms with E-state index in [1.165, 1.54) is 4.90 Å². The highest BCUT2D eigenvalue weighted by atomic mass is 16.5. The Bertz CT molecular complexity index is 886. The maximum absolute atomic E-state index is 13.1. The molecule has 1 amide bonds. The van der Waals surface area contributed by atoms with E-state index in [1.54, 1.807) is 31.2 Å². The van der Waals surface area contributed by atoms with Crippen LogP contribution < -0.4 is 15.0 Å². The van der Waals surface area contributed by atoms with Gasteiger partial charge in [0.25, 0.3) is 0 Å². The topological polar surface area (TPSA) is 94.2 Å². The summed E-state index contributed by atoms with van der Waals surface area (Å²) in [6.07, 6.45) is 0. The number of carbonyl (C=O) groups is 3. The summed E-state index contributed by atoms with van der Waals surface area (Å²) in [4.78, 5) is 38.5. The molecule has 8 heteroatoms. The van der Waals surface area contributed by atoms with Gasteiger partial charge in [0.15, 0.2) is 0 Å². The zero-order valence-corrected chi connectivity index (χ0v) is 16.7. The standard InChI is InChI=1S/C22H24N2O6/c1-2-28-20(25)12-23-17-15-29-19-11-7-6-10-18(19)24(22(17)27)13-21(26)30-14-16-8-4-3-5-9-16/h3-11,17,23H,2,12-15H2,1H3. The minimum atomic E-state index is -0.816. The van der Waals surface area contributed by atoms with E-state index < -0.39 is 18.0 Å². The van der Waals surface area contributed by atoms with Crippen LogP contribution in [0.1, 0.15) is 12.5 Å². The lowest BCUT2D eigenvalue weighted by Gasteiger charge is -2.23. The number of nitrogens with zero attached hydrogens (tertiary/aromatic N) is 1. The van der Waals surface area contributed by atoms with Gasteiger partial charge < -0.3 is 14.2 Å². The Hall–Kier alpha value is -3.39. The molecule has 0 fully saturated rings. The number of hydrogen-bond donors (Lipinski definition) is 1. The van der Waals surface area contributed by atoms with Crippen LogP contribution in [0.5, 0.6) is 5.75 Å². The number of benzene rings is 2. The molecule has 30 heavy (non-hydrogen) atoms. The van der Waals surface area contributed by atoms with E-state index in [9.17, 15) is 14.4 Å². The number of hydrogen-bond acceptors (Lipinski definition) is 7. The first-order valence-corrected chi connectivity index (χ1v) is 9.70. The lowest BCUT2D eigenvalue weighted by molar-refractivity contribution is -0.145. The number of amides is 1. The van der Waals surface area contributed by atoms with Crippen LogP contribution in [0.4, 0.5) is 5.69 Å². The summed E-state index contributed by atoms with van der Waals surface area (Å²) in [7, 11) is 0. The van der Waals surface area contributed by atoms with Crippen LogP contribution in [0.25, 0.3) is 0 Å². The Kier molecular flexibility index (Phi) is 7.40. The number of nitrogens with one attached hydrogen (secondary N) is 1. The van der Waals surface area contributed by atoms with Crippen molar-refractivity contribution in [3.8, 4) is 5.75 Å². The van der Waals surface area contributed by atoms with Crippen LogP contribution in [0.2, 0.25) is 0 Å². The second-order valence-electron chi connectivity index (χ2n) is 6.59. The molecular formula is C22H24N2O6. The van der Waals surface area contributed by atoms with E-state index >= 15 is 0 Å². The van der Waals surface area contributed by atoms with Gasteiger partial charge in [-0.1, -0.05) is 42.5 Å².